The summed E-state index contributed by atoms with van der Waals surface area (Å²) in [5, 5.41) is 8.07. The van der Waals surface area contributed by atoms with Crippen molar-refractivity contribution >= 4 is 16.9 Å². The summed E-state index contributed by atoms with van der Waals surface area (Å²) in [6.07, 6.45) is 0. The minimum Gasteiger partial charge on any atom is -0.379 e. The van der Waals surface area contributed by atoms with Crippen LogP contribution in [0, 0.1) is 0 Å². The number of ether oxygens (including phenoxy) is 1. The van der Waals surface area contributed by atoms with E-state index in [1.807, 2.05) is 6.07 Å². The highest BCUT2D eigenvalue weighted by molar-refractivity contribution is 5.81. The average molecular weight is 392 g/mol. The largest absolute Gasteiger partial charge is 0.379 e. The molecular formula is C23H29N5O. The van der Waals surface area contributed by atoms with Gasteiger partial charge in [-0.1, -0.05) is 42.5 Å². The van der Waals surface area contributed by atoms with Crippen molar-refractivity contribution in [1.82, 2.24) is 20.5 Å². The van der Waals surface area contributed by atoms with Crippen molar-refractivity contribution in [2.24, 2.45) is 4.99 Å². The Morgan fingerprint density at radius 3 is 2.52 bits per heavy atom. The van der Waals surface area contributed by atoms with Crippen LogP contribution in [-0.2, 0) is 24.4 Å². The van der Waals surface area contributed by atoms with Gasteiger partial charge in [0.05, 0.1) is 19.8 Å². The van der Waals surface area contributed by atoms with E-state index in [4.69, 9.17) is 4.74 Å². The van der Waals surface area contributed by atoms with Gasteiger partial charge in [-0.25, -0.2) is 0 Å². The molecule has 2 aromatic carbocycles. The summed E-state index contributed by atoms with van der Waals surface area (Å²) in [5.41, 5.74) is 4.95. The fraction of sp³-hybridized carbons (Fsp3) is 0.348. The average Bonchev–Trinajstić information content (AvgIpc) is 3.18. The first kappa shape index (κ1) is 19.5. The molecule has 3 N–H and O–H groups in total. The summed E-state index contributed by atoms with van der Waals surface area (Å²) in [4.78, 5) is 10.3. The summed E-state index contributed by atoms with van der Waals surface area (Å²) in [5.74, 6) is 0.796. The standard InChI is InChI=1S/C23H29N5O/c1-24-23(26-16-21-14-18-6-4-5-9-22(18)27-21)25-15-19-7-2-3-8-20(19)17-28-10-12-29-13-11-28/h2-9,14,27H,10-13,15-17H2,1H3,(H2,24,25,26). The van der Waals surface area contributed by atoms with E-state index >= 15 is 0 Å². The van der Waals surface area contributed by atoms with E-state index < -0.39 is 0 Å². The highest BCUT2D eigenvalue weighted by atomic mass is 16.5. The number of aromatic nitrogens is 1. The van der Waals surface area contributed by atoms with Crippen LogP contribution in [0.1, 0.15) is 16.8 Å². The third-order valence-corrected chi connectivity index (χ3v) is 5.32. The predicted octanol–water partition coefficient (Wildman–Crippen LogP) is 2.87. The summed E-state index contributed by atoms with van der Waals surface area (Å²) >= 11 is 0. The Bertz CT molecular complexity index is 926. The van der Waals surface area contributed by atoms with Crippen molar-refractivity contribution in [2.75, 3.05) is 33.4 Å². The molecule has 1 saturated heterocycles. The fourth-order valence-electron chi connectivity index (χ4n) is 3.69. The van der Waals surface area contributed by atoms with Crippen LogP contribution in [0.4, 0.5) is 0 Å². The Labute approximate surface area is 172 Å². The molecule has 6 heteroatoms. The number of hydrogen-bond acceptors (Lipinski definition) is 3. The quantitative estimate of drug-likeness (QED) is 0.447. The molecule has 1 aliphatic rings. The number of benzene rings is 2. The summed E-state index contributed by atoms with van der Waals surface area (Å²) in [7, 11) is 1.81. The van der Waals surface area contributed by atoms with Gasteiger partial charge in [0.2, 0.25) is 0 Å². The third kappa shape index (κ3) is 5.16. The van der Waals surface area contributed by atoms with E-state index in [2.05, 4.69) is 74.0 Å². The first-order chi connectivity index (χ1) is 14.3. The SMILES string of the molecule is CN=C(NCc1cc2ccccc2[nH]1)NCc1ccccc1CN1CCOCC1. The summed E-state index contributed by atoms with van der Waals surface area (Å²) < 4.78 is 5.46. The molecule has 0 spiro atoms. The lowest BCUT2D eigenvalue weighted by atomic mass is 10.1. The number of nitrogens with one attached hydrogen (secondary N) is 3. The number of morpholine rings is 1. The van der Waals surface area contributed by atoms with Crippen LogP contribution in [0.15, 0.2) is 59.6 Å². The number of fused-ring (bicyclic) bond motifs is 1. The molecule has 6 nitrogen and oxygen atoms in total. The molecule has 3 aromatic rings. The molecule has 29 heavy (non-hydrogen) atoms. The van der Waals surface area contributed by atoms with Crippen LogP contribution < -0.4 is 10.6 Å². The van der Waals surface area contributed by atoms with Gasteiger partial charge < -0.3 is 20.4 Å². The molecule has 1 fully saturated rings. The monoisotopic (exact) mass is 391 g/mol. The number of aromatic amines is 1. The van der Waals surface area contributed by atoms with Gasteiger partial charge in [-0.05, 0) is 28.6 Å². The van der Waals surface area contributed by atoms with Gasteiger partial charge in [-0.2, -0.15) is 0 Å². The Hall–Kier alpha value is -2.83. The minimum absolute atomic E-state index is 0.698. The van der Waals surface area contributed by atoms with Gasteiger partial charge in [0.1, 0.15) is 0 Å². The Morgan fingerprint density at radius 1 is 1.00 bits per heavy atom. The van der Waals surface area contributed by atoms with Crippen molar-refractivity contribution in [1.29, 1.82) is 0 Å². The van der Waals surface area contributed by atoms with Crippen LogP contribution in [0.25, 0.3) is 10.9 Å². The highest BCUT2D eigenvalue weighted by Gasteiger charge is 2.13. The number of guanidine groups is 1. The Balaban J connectivity index is 1.33. The maximum absolute atomic E-state index is 5.46. The molecule has 0 atom stereocenters. The van der Waals surface area contributed by atoms with Crippen LogP contribution in [-0.4, -0.2) is 49.2 Å². The lowest BCUT2D eigenvalue weighted by Crippen LogP contribution is -2.37. The zero-order valence-corrected chi connectivity index (χ0v) is 16.9. The normalized spacial score (nSPS) is 15.6. The van der Waals surface area contributed by atoms with E-state index in [9.17, 15) is 0 Å². The van der Waals surface area contributed by atoms with Crippen LogP contribution in [0.2, 0.25) is 0 Å². The number of aliphatic imine (C=N–C) groups is 1. The lowest BCUT2D eigenvalue weighted by molar-refractivity contribution is 0.0341. The zero-order chi connectivity index (χ0) is 19.9. The van der Waals surface area contributed by atoms with Gasteiger partial charge >= 0.3 is 0 Å². The maximum atomic E-state index is 5.46. The smallest absolute Gasteiger partial charge is 0.191 e. The Morgan fingerprint density at radius 2 is 1.72 bits per heavy atom. The molecule has 0 amide bonds. The van der Waals surface area contributed by atoms with Gasteiger partial charge in [0.15, 0.2) is 5.96 Å². The molecule has 152 valence electrons. The van der Waals surface area contributed by atoms with E-state index in [0.717, 1.165) is 56.6 Å². The van der Waals surface area contributed by atoms with Crippen molar-refractivity contribution in [2.45, 2.75) is 19.6 Å². The van der Waals surface area contributed by atoms with Crippen molar-refractivity contribution in [3.05, 3.63) is 71.4 Å². The molecule has 0 saturated carbocycles. The third-order valence-electron chi connectivity index (χ3n) is 5.32. The second kappa shape index (κ2) is 9.58. The molecule has 0 bridgehead atoms. The number of hydrogen-bond donors (Lipinski definition) is 3. The van der Waals surface area contributed by atoms with Crippen LogP contribution in [0.5, 0.6) is 0 Å². The molecule has 0 unspecified atom stereocenters. The van der Waals surface area contributed by atoms with Crippen LogP contribution >= 0.6 is 0 Å². The van der Waals surface area contributed by atoms with E-state index in [1.54, 1.807) is 7.05 Å². The van der Waals surface area contributed by atoms with Crippen molar-refractivity contribution < 1.29 is 4.74 Å². The van der Waals surface area contributed by atoms with Gasteiger partial charge in [0.25, 0.3) is 0 Å². The van der Waals surface area contributed by atoms with Crippen molar-refractivity contribution in [3.8, 4) is 0 Å². The van der Waals surface area contributed by atoms with Gasteiger partial charge in [0, 0.05) is 44.4 Å². The van der Waals surface area contributed by atoms with E-state index in [1.165, 1.54) is 16.5 Å². The number of para-hydroxylation sites is 1. The molecule has 1 aromatic heterocycles. The topological polar surface area (TPSA) is 64.7 Å². The van der Waals surface area contributed by atoms with Crippen molar-refractivity contribution in [3.63, 3.8) is 0 Å². The number of rotatable bonds is 6. The highest BCUT2D eigenvalue weighted by Crippen LogP contribution is 2.15. The number of nitrogens with zero attached hydrogens (tertiary/aromatic N) is 2. The maximum Gasteiger partial charge on any atom is 0.191 e. The second-order valence-corrected chi connectivity index (χ2v) is 7.32. The van der Waals surface area contributed by atoms with E-state index in [0.29, 0.717) is 6.54 Å². The summed E-state index contributed by atoms with van der Waals surface area (Å²) in [6, 6.07) is 19.1. The van der Waals surface area contributed by atoms with E-state index in [-0.39, 0.29) is 0 Å². The lowest BCUT2D eigenvalue weighted by Gasteiger charge is -2.27. The molecule has 2 heterocycles. The zero-order valence-electron chi connectivity index (χ0n) is 16.9. The van der Waals surface area contributed by atoms with Crippen LogP contribution in [0.3, 0.4) is 0 Å². The molecule has 0 radical (unpaired) electrons. The predicted molar refractivity (Wildman–Crippen MR) is 118 cm³/mol. The fourth-order valence-corrected chi connectivity index (χ4v) is 3.69. The first-order valence-electron chi connectivity index (χ1n) is 10.2. The molecular weight excluding hydrogens is 362 g/mol. The summed E-state index contributed by atoms with van der Waals surface area (Å²) in [6.45, 7) is 6.04. The Kier molecular flexibility index (Phi) is 6.44. The number of H-pyrrole nitrogens is 1. The molecule has 4 rings (SSSR count). The molecule has 0 aliphatic carbocycles. The van der Waals surface area contributed by atoms with Gasteiger partial charge in [-0.3, -0.25) is 9.89 Å². The minimum atomic E-state index is 0.698. The van der Waals surface area contributed by atoms with Gasteiger partial charge in [-0.15, -0.1) is 0 Å². The first-order valence-corrected chi connectivity index (χ1v) is 10.2. The second-order valence-electron chi connectivity index (χ2n) is 7.32. The molecule has 1 aliphatic heterocycles.